The van der Waals surface area contributed by atoms with Crippen molar-refractivity contribution in [2.75, 3.05) is 32.1 Å². The first-order valence-electron chi connectivity index (χ1n) is 8.51. The Bertz CT molecular complexity index is 689. The van der Waals surface area contributed by atoms with Crippen molar-refractivity contribution in [1.82, 2.24) is 15.1 Å². The van der Waals surface area contributed by atoms with Crippen molar-refractivity contribution in [2.24, 2.45) is 0 Å². The molecule has 1 N–H and O–H groups in total. The van der Waals surface area contributed by atoms with E-state index in [1.54, 1.807) is 6.07 Å². The maximum absolute atomic E-state index is 10.3. The van der Waals surface area contributed by atoms with E-state index in [1.807, 2.05) is 26.0 Å². The van der Waals surface area contributed by atoms with Gasteiger partial charge in [0.15, 0.2) is 5.82 Å². The van der Waals surface area contributed by atoms with Crippen molar-refractivity contribution in [1.29, 1.82) is 0 Å². The summed E-state index contributed by atoms with van der Waals surface area (Å²) in [6.45, 7) is 5.97. The average Bonchev–Trinajstić information content (AvgIpc) is 2.54. The number of benzene rings is 1. The van der Waals surface area contributed by atoms with Crippen LogP contribution in [0.4, 0.5) is 5.82 Å². The largest absolute Gasteiger partial charge is 0.507 e. The van der Waals surface area contributed by atoms with Crippen LogP contribution in [0.1, 0.15) is 24.0 Å². The molecule has 0 unspecified atom stereocenters. The highest BCUT2D eigenvalue weighted by Crippen LogP contribution is 2.32. The van der Waals surface area contributed by atoms with E-state index in [-0.39, 0.29) is 5.75 Å². The number of piperidine rings is 1. The molecule has 0 saturated carbocycles. The van der Waals surface area contributed by atoms with Gasteiger partial charge in [0, 0.05) is 24.7 Å². The van der Waals surface area contributed by atoms with E-state index in [1.165, 1.54) is 12.8 Å². The van der Waals surface area contributed by atoms with Gasteiger partial charge in [-0.3, -0.25) is 0 Å². The van der Waals surface area contributed by atoms with E-state index >= 15 is 0 Å². The van der Waals surface area contributed by atoms with E-state index in [0.717, 1.165) is 41.3 Å². The van der Waals surface area contributed by atoms with Crippen LogP contribution in [0.2, 0.25) is 0 Å². The monoisotopic (exact) mass is 326 g/mol. The number of likely N-dealkylation sites (N-methyl/N-ethyl adjacent to an activating group) is 1. The van der Waals surface area contributed by atoms with Crippen LogP contribution in [0.3, 0.4) is 0 Å². The lowest BCUT2D eigenvalue weighted by atomic mass is 10.0. The summed E-state index contributed by atoms with van der Waals surface area (Å²) in [6.07, 6.45) is 2.40. The Balaban J connectivity index is 1.84. The molecule has 128 valence electrons. The first-order chi connectivity index (χ1) is 11.5. The van der Waals surface area contributed by atoms with E-state index < -0.39 is 0 Å². The van der Waals surface area contributed by atoms with Gasteiger partial charge in [-0.2, -0.15) is 0 Å². The van der Waals surface area contributed by atoms with Crippen LogP contribution >= 0.6 is 0 Å². The Hall–Kier alpha value is -2.14. The van der Waals surface area contributed by atoms with Crippen molar-refractivity contribution in [3.05, 3.63) is 35.4 Å². The molecule has 1 aromatic heterocycles. The quantitative estimate of drug-likeness (QED) is 0.940. The zero-order chi connectivity index (χ0) is 17.3. The van der Waals surface area contributed by atoms with Crippen LogP contribution < -0.4 is 4.90 Å². The minimum atomic E-state index is 0.264. The summed E-state index contributed by atoms with van der Waals surface area (Å²) in [4.78, 5) is 4.58. The molecule has 5 nitrogen and oxygen atoms in total. The lowest BCUT2D eigenvalue weighted by Crippen LogP contribution is -2.45. The fraction of sp³-hybridized carbons (Fsp3) is 0.474. The van der Waals surface area contributed by atoms with Gasteiger partial charge in [-0.25, -0.2) is 0 Å². The summed E-state index contributed by atoms with van der Waals surface area (Å²) in [7, 11) is 4.26. The number of aromatic hydroxyl groups is 1. The van der Waals surface area contributed by atoms with Crippen molar-refractivity contribution in [3.63, 3.8) is 0 Å². The number of hydrogen-bond donors (Lipinski definition) is 1. The second-order valence-electron chi connectivity index (χ2n) is 6.96. The summed E-state index contributed by atoms with van der Waals surface area (Å²) in [5, 5.41) is 19.1. The Morgan fingerprint density at radius 1 is 1.17 bits per heavy atom. The minimum absolute atomic E-state index is 0.264. The molecular formula is C19H26N4O. The number of anilines is 1. The van der Waals surface area contributed by atoms with Gasteiger partial charge < -0.3 is 14.9 Å². The van der Waals surface area contributed by atoms with Crippen LogP contribution in [0.25, 0.3) is 11.3 Å². The summed E-state index contributed by atoms with van der Waals surface area (Å²) in [5.74, 6) is 1.18. The van der Waals surface area contributed by atoms with E-state index in [4.69, 9.17) is 0 Å². The molecule has 1 aromatic carbocycles. The lowest BCUT2D eigenvalue weighted by molar-refractivity contribution is 0.257. The Labute approximate surface area is 143 Å². The number of aryl methyl sites for hydroxylation is 2. The standard InChI is InChI=1S/C19H26N4O/c1-13-10-14(2)19(17(24)11-13)16-7-8-18(21-20-16)23-9-5-6-15(12-23)22(3)4/h7-8,10-11,15,24H,5-6,9,12H2,1-4H3/t15-/m1/s1. The fourth-order valence-corrected chi connectivity index (χ4v) is 3.49. The molecule has 1 atom stereocenters. The predicted molar refractivity (Wildman–Crippen MR) is 97.5 cm³/mol. The number of nitrogens with zero attached hydrogens (tertiary/aromatic N) is 4. The van der Waals surface area contributed by atoms with Gasteiger partial charge in [0.1, 0.15) is 5.75 Å². The van der Waals surface area contributed by atoms with Crippen LogP contribution in [-0.4, -0.2) is 53.4 Å². The molecule has 24 heavy (non-hydrogen) atoms. The first kappa shape index (κ1) is 16.7. The number of hydrogen-bond acceptors (Lipinski definition) is 5. The highest BCUT2D eigenvalue weighted by atomic mass is 16.3. The van der Waals surface area contributed by atoms with Gasteiger partial charge in [0.25, 0.3) is 0 Å². The molecule has 0 spiro atoms. The molecule has 2 aromatic rings. The average molecular weight is 326 g/mol. The van der Waals surface area contributed by atoms with Gasteiger partial charge in [-0.05, 0) is 70.1 Å². The van der Waals surface area contributed by atoms with E-state index in [0.29, 0.717) is 6.04 Å². The molecular weight excluding hydrogens is 300 g/mol. The topological polar surface area (TPSA) is 52.5 Å². The smallest absolute Gasteiger partial charge is 0.151 e. The second kappa shape index (κ2) is 6.77. The first-order valence-corrected chi connectivity index (χ1v) is 8.51. The molecule has 0 bridgehead atoms. The number of phenols is 1. The predicted octanol–water partition coefficient (Wildman–Crippen LogP) is 3.00. The van der Waals surface area contributed by atoms with Gasteiger partial charge >= 0.3 is 0 Å². The third-order valence-electron chi connectivity index (χ3n) is 4.82. The molecule has 2 heterocycles. The Morgan fingerprint density at radius 2 is 1.96 bits per heavy atom. The van der Waals surface area contributed by atoms with Crippen molar-refractivity contribution in [3.8, 4) is 17.0 Å². The molecule has 1 aliphatic heterocycles. The van der Waals surface area contributed by atoms with Crippen molar-refractivity contribution < 1.29 is 5.11 Å². The number of aromatic nitrogens is 2. The van der Waals surface area contributed by atoms with Gasteiger partial charge in [0.2, 0.25) is 0 Å². The van der Waals surface area contributed by atoms with Crippen LogP contribution in [0.5, 0.6) is 5.75 Å². The zero-order valence-corrected chi connectivity index (χ0v) is 15.0. The summed E-state index contributed by atoms with van der Waals surface area (Å²) in [6, 6.07) is 8.35. The molecule has 0 aliphatic carbocycles. The molecule has 5 heteroatoms. The van der Waals surface area contributed by atoms with Gasteiger partial charge in [-0.15, -0.1) is 10.2 Å². The minimum Gasteiger partial charge on any atom is -0.507 e. The normalized spacial score (nSPS) is 18.2. The third-order valence-corrected chi connectivity index (χ3v) is 4.82. The maximum Gasteiger partial charge on any atom is 0.151 e. The van der Waals surface area contributed by atoms with Gasteiger partial charge in [-0.1, -0.05) is 6.07 Å². The summed E-state index contributed by atoms with van der Waals surface area (Å²) >= 11 is 0. The van der Waals surface area contributed by atoms with E-state index in [9.17, 15) is 5.11 Å². The second-order valence-corrected chi connectivity index (χ2v) is 6.96. The Morgan fingerprint density at radius 3 is 2.58 bits per heavy atom. The molecule has 0 amide bonds. The van der Waals surface area contributed by atoms with Crippen molar-refractivity contribution in [2.45, 2.75) is 32.7 Å². The summed E-state index contributed by atoms with van der Waals surface area (Å²) in [5.41, 5.74) is 3.54. The zero-order valence-electron chi connectivity index (χ0n) is 15.0. The maximum atomic E-state index is 10.3. The fourth-order valence-electron chi connectivity index (χ4n) is 3.49. The number of rotatable bonds is 3. The molecule has 1 aliphatic rings. The molecule has 0 radical (unpaired) electrons. The Kier molecular flexibility index (Phi) is 4.71. The molecule has 1 saturated heterocycles. The molecule has 3 rings (SSSR count). The highest BCUT2D eigenvalue weighted by molar-refractivity contribution is 5.71. The molecule has 1 fully saturated rings. The van der Waals surface area contributed by atoms with Gasteiger partial charge in [0.05, 0.1) is 5.69 Å². The van der Waals surface area contributed by atoms with E-state index in [2.05, 4.69) is 40.2 Å². The summed E-state index contributed by atoms with van der Waals surface area (Å²) < 4.78 is 0. The highest BCUT2D eigenvalue weighted by Gasteiger charge is 2.22. The van der Waals surface area contributed by atoms with Crippen LogP contribution in [0, 0.1) is 13.8 Å². The third kappa shape index (κ3) is 3.36. The van der Waals surface area contributed by atoms with Crippen LogP contribution in [-0.2, 0) is 0 Å². The van der Waals surface area contributed by atoms with Crippen LogP contribution in [0.15, 0.2) is 24.3 Å². The lowest BCUT2D eigenvalue weighted by Gasteiger charge is -2.36. The SMILES string of the molecule is Cc1cc(C)c(-c2ccc(N3CCC[C@@H](N(C)C)C3)nn2)c(O)c1. The number of phenolic OH excluding ortho intramolecular Hbond substituents is 1. The van der Waals surface area contributed by atoms with Crippen molar-refractivity contribution >= 4 is 5.82 Å².